The average molecular weight is 311 g/mol. The van der Waals surface area contributed by atoms with E-state index in [0.29, 0.717) is 0 Å². The Hall–Kier alpha value is -1.84. The third-order valence-corrected chi connectivity index (χ3v) is 3.42. The SMILES string of the molecule is NC(=O)CCC(NC(=O)C1(C(F)(F)F)CCNC1)C(=O)O. The molecule has 0 spiro atoms. The average Bonchev–Trinajstić information content (AvgIpc) is 2.83. The van der Waals surface area contributed by atoms with Crippen molar-refractivity contribution in [3.05, 3.63) is 0 Å². The van der Waals surface area contributed by atoms with Crippen LogP contribution < -0.4 is 16.4 Å². The summed E-state index contributed by atoms with van der Waals surface area (Å²) in [5.74, 6) is -3.73. The molecule has 2 atom stereocenters. The Kier molecular flexibility index (Phi) is 5.15. The second-order valence-corrected chi connectivity index (χ2v) is 4.88. The fourth-order valence-corrected chi connectivity index (χ4v) is 2.10. The van der Waals surface area contributed by atoms with Crippen LogP contribution in [0.2, 0.25) is 0 Å². The first kappa shape index (κ1) is 17.2. The lowest BCUT2D eigenvalue weighted by Gasteiger charge is -2.30. The van der Waals surface area contributed by atoms with Crippen LogP contribution in [0.15, 0.2) is 0 Å². The zero-order valence-electron chi connectivity index (χ0n) is 11.0. The minimum absolute atomic E-state index is 0.00591. The predicted octanol–water partition coefficient (Wildman–Crippen LogP) is -0.637. The van der Waals surface area contributed by atoms with E-state index in [-0.39, 0.29) is 19.4 Å². The molecule has 21 heavy (non-hydrogen) atoms. The van der Waals surface area contributed by atoms with Gasteiger partial charge in [0.15, 0.2) is 5.41 Å². The van der Waals surface area contributed by atoms with E-state index >= 15 is 0 Å². The van der Waals surface area contributed by atoms with Crippen molar-refractivity contribution in [2.45, 2.75) is 31.5 Å². The largest absolute Gasteiger partial charge is 0.480 e. The topological polar surface area (TPSA) is 122 Å². The summed E-state index contributed by atoms with van der Waals surface area (Å²) in [5, 5.41) is 13.2. The van der Waals surface area contributed by atoms with Gasteiger partial charge in [-0.15, -0.1) is 0 Å². The number of carbonyl (C=O) groups is 3. The smallest absolute Gasteiger partial charge is 0.404 e. The zero-order valence-corrected chi connectivity index (χ0v) is 11.0. The maximum atomic E-state index is 13.1. The molecule has 0 aromatic carbocycles. The molecule has 10 heteroatoms. The highest BCUT2D eigenvalue weighted by Crippen LogP contribution is 2.43. The molecule has 1 fully saturated rings. The van der Waals surface area contributed by atoms with Gasteiger partial charge >= 0.3 is 12.1 Å². The van der Waals surface area contributed by atoms with Gasteiger partial charge in [-0.1, -0.05) is 0 Å². The molecule has 5 N–H and O–H groups in total. The molecule has 2 amide bonds. The number of carboxylic acids is 1. The molecule has 1 rings (SSSR count). The van der Waals surface area contributed by atoms with E-state index in [2.05, 4.69) is 5.32 Å². The van der Waals surface area contributed by atoms with Crippen molar-refractivity contribution in [1.29, 1.82) is 0 Å². The molecule has 0 aliphatic carbocycles. The Morgan fingerprint density at radius 2 is 2.00 bits per heavy atom. The Bertz CT molecular complexity index is 433. The van der Waals surface area contributed by atoms with Crippen LogP contribution in [0, 0.1) is 5.41 Å². The van der Waals surface area contributed by atoms with E-state index < -0.39 is 48.4 Å². The van der Waals surface area contributed by atoms with Gasteiger partial charge < -0.3 is 21.5 Å². The van der Waals surface area contributed by atoms with Crippen LogP contribution in [0.3, 0.4) is 0 Å². The number of hydrogen-bond donors (Lipinski definition) is 4. The van der Waals surface area contributed by atoms with Crippen molar-refractivity contribution < 1.29 is 32.7 Å². The Balaban J connectivity index is 2.84. The van der Waals surface area contributed by atoms with Gasteiger partial charge in [0.25, 0.3) is 0 Å². The van der Waals surface area contributed by atoms with Crippen LogP contribution in [0.4, 0.5) is 13.2 Å². The summed E-state index contributed by atoms with van der Waals surface area (Å²) >= 11 is 0. The first-order valence-electron chi connectivity index (χ1n) is 6.19. The van der Waals surface area contributed by atoms with Crippen LogP contribution >= 0.6 is 0 Å². The standard InChI is InChI=1S/C11H16F3N3O4/c12-11(13,14)10(3-4-16-5-10)9(21)17-6(8(19)20)1-2-7(15)18/h6,16H,1-5H2,(H2,15,18)(H,17,21)(H,19,20). The summed E-state index contributed by atoms with van der Waals surface area (Å²) < 4.78 is 39.3. The van der Waals surface area contributed by atoms with Crippen molar-refractivity contribution >= 4 is 17.8 Å². The van der Waals surface area contributed by atoms with Gasteiger partial charge in [0.05, 0.1) is 0 Å². The molecule has 1 heterocycles. The van der Waals surface area contributed by atoms with Gasteiger partial charge in [-0.25, -0.2) is 4.79 Å². The molecule has 0 radical (unpaired) electrons. The second kappa shape index (κ2) is 6.29. The van der Waals surface area contributed by atoms with Gasteiger partial charge in [-0.2, -0.15) is 13.2 Å². The van der Waals surface area contributed by atoms with Gasteiger partial charge in [-0.3, -0.25) is 9.59 Å². The number of rotatable bonds is 6. The van der Waals surface area contributed by atoms with Gasteiger partial charge in [0.1, 0.15) is 6.04 Å². The van der Waals surface area contributed by atoms with Crippen molar-refractivity contribution in [2.75, 3.05) is 13.1 Å². The second-order valence-electron chi connectivity index (χ2n) is 4.88. The number of carboxylic acid groups (broad SMARTS) is 1. The van der Waals surface area contributed by atoms with E-state index in [4.69, 9.17) is 10.8 Å². The number of primary amides is 1. The van der Waals surface area contributed by atoms with E-state index in [1.807, 2.05) is 5.32 Å². The minimum Gasteiger partial charge on any atom is -0.480 e. The summed E-state index contributed by atoms with van der Waals surface area (Å²) in [6, 6.07) is -1.59. The Morgan fingerprint density at radius 1 is 1.38 bits per heavy atom. The van der Waals surface area contributed by atoms with Gasteiger partial charge in [0.2, 0.25) is 11.8 Å². The molecule has 0 aromatic heterocycles. The van der Waals surface area contributed by atoms with Crippen LogP contribution in [-0.4, -0.2) is 48.2 Å². The number of alkyl halides is 3. The molecule has 1 saturated heterocycles. The molecule has 0 aromatic rings. The van der Waals surface area contributed by atoms with Crippen LogP contribution in [0.1, 0.15) is 19.3 Å². The minimum atomic E-state index is -4.80. The molecule has 120 valence electrons. The van der Waals surface area contributed by atoms with E-state index in [1.165, 1.54) is 0 Å². The van der Waals surface area contributed by atoms with Crippen LogP contribution in [0.25, 0.3) is 0 Å². The number of nitrogens with two attached hydrogens (primary N) is 1. The highest BCUT2D eigenvalue weighted by Gasteiger charge is 2.61. The summed E-state index contributed by atoms with van der Waals surface area (Å²) in [5.41, 5.74) is 2.21. The molecule has 1 aliphatic heterocycles. The summed E-state index contributed by atoms with van der Waals surface area (Å²) in [7, 11) is 0. The Labute approximate surface area is 118 Å². The van der Waals surface area contributed by atoms with Crippen LogP contribution in [0.5, 0.6) is 0 Å². The molecule has 0 saturated carbocycles. The lowest BCUT2D eigenvalue weighted by atomic mass is 9.84. The van der Waals surface area contributed by atoms with Crippen molar-refractivity contribution in [2.24, 2.45) is 11.1 Å². The maximum Gasteiger partial charge on any atom is 0.404 e. The maximum absolute atomic E-state index is 13.1. The number of carbonyl (C=O) groups excluding carboxylic acids is 2. The van der Waals surface area contributed by atoms with E-state index in [1.54, 1.807) is 0 Å². The normalized spacial score (nSPS) is 23.6. The lowest BCUT2D eigenvalue weighted by molar-refractivity contribution is -0.216. The lowest BCUT2D eigenvalue weighted by Crippen LogP contribution is -2.55. The number of halogens is 3. The quantitative estimate of drug-likeness (QED) is 0.520. The number of hydrogen-bond acceptors (Lipinski definition) is 4. The van der Waals surface area contributed by atoms with Crippen molar-refractivity contribution in [1.82, 2.24) is 10.6 Å². The molecule has 0 bridgehead atoms. The molecular weight excluding hydrogens is 295 g/mol. The van der Waals surface area contributed by atoms with Gasteiger partial charge in [0, 0.05) is 13.0 Å². The fourth-order valence-electron chi connectivity index (χ4n) is 2.10. The third kappa shape index (κ3) is 3.84. The number of aliphatic carboxylic acids is 1. The monoisotopic (exact) mass is 311 g/mol. The first-order valence-corrected chi connectivity index (χ1v) is 6.19. The molecule has 7 nitrogen and oxygen atoms in total. The summed E-state index contributed by atoms with van der Waals surface area (Å²) in [6.45, 7) is -0.601. The first-order chi connectivity index (χ1) is 9.60. The molecular formula is C11H16F3N3O4. The number of amides is 2. The highest BCUT2D eigenvalue weighted by molar-refractivity contribution is 5.89. The number of nitrogens with one attached hydrogen (secondary N) is 2. The van der Waals surface area contributed by atoms with Crippen molar-refractivity contribution in [3.8, 4) is 0 Å². The highest BCUT2D eigenvalue weighted by atomic mass is 19.4. The van der Waals surface area contributed by atoms with Crippen LogP contribution in [-0.2, 0) is 14.4 Å². The van der Waals surface area contributed by atoms with Gasteiger partial charge in [-0.05, 0) is 19.4 Å². The molecule has 2 unspecified atom stereocenters. The summed E-state index contributed by atoms with van der Waals surface area (Å²) in [4.78, 5) is 33.5. The third-order valence-electron chi connectivity index (χ3n) is 3.42. The van der Waals surface area contributed by atoms with Crippen molar-refractivity contribution in [3.63, 3.8) is 0 Å². The summed E-state index contributed by atoms with van der Waals surface area (Å²) in [6.07, 6.45) is -5.98. The zero-order chi connectivity index (χ0) is 16.3. The predicted molar refractivity (Wildman–Crippen MR) is 64.0 cm³/mol. The molecule has 1 aliphatic rings. The van der Waals surface area contributed by atoms with E-state index in [0.717, 1.165) is 0 Å². The fraction of sp³-hybridized carbons (Fsp3) is 0.727. The Morgan fingerprint density at radius 3 is 2.38 bits per heavy atom. The van der Waals surface area contributed by atoms with E-state index in [9.17, 15) is 27.6 Å².